The smallest absolute Gasteiger partial charge is 0.417 e. The molecule has 1 aromatic carbocycles. The Kier molecular flexibility index (Phi) is 4.74. The van der Waals surface area contributed by atoms with Crippen molar-refractivity contribution in [2.24, 2.45) is 0 Å². The Balaban J connectivity index is 2.65. The molecule has 2 rings (SSSR count). The first kappa shape index (κ1) is 16.6. The lowest BCUT2D eigenvalue weighted by atomic mass is 10.1. The number of hydrogen-bond donors (Lipinski definition) is 0. The zero-order valence-corrected chi connectivity index (χ0v) is 13.4. The van der Waals surface area contributed by atoms with Crippen molar-refractivity contribution in [2.45, 2.75) is 32.9 Å². The molecule has 0 bridgehead atoms. The number of ether oxygens (including phenoxy) is 2. The van der Waals surface area contributed by atoms with E-state index in [9.17, 15) is 14.9 Å². The number of rotatable bonds is 3. The van der Waals surface area contributed by atoms with Crippen LogP contribution in [-0.4, -0.2) is 31.1 Å². The van der Waals surface area contributed by atoms with E-state index >= 15 is 0 Å². The number of carbonyl (C=O) groups excluding carboxylic acids is 2. The standard InChI is InChI=1S/C16H19N3O4/c1-4-16(11-17)18(14(20)22-5-2)12-9-7-8-10-13(12)19(16)15(21)23-6-3/h7-10H,4-6H2,1-3H3. The molecule has 7 nitrogen and oxygen atoms in total. The maximum absolute atomic E-state index is 12.4. The number of hydrogen-bond acceptors (Lipinski definition) is 5. The molecule has 0 radical (unpaired) electrons. The first-order valence-corrected chi connectivity index (χ1v) is 7.51. The Morgan fingerprint density at radius 1 is 1.04 bits per heavy atom. The predicted octanol–water partition coefficient (Wildman–Crippen LogP) is 3.26. The maximum Gasteiger partial charge on any atom is 0.417 e. The molecule has 7 heteroatoms. The number of nitriles is 1. The van der Waals surface area contributed by atoms with Gasteiger partial charge < -0.3 is 9.47 Å². The van der Waals surface area contributed by atoms with E-state index in [0.29, 0.717) is 11.4 Å². The summed E-state index contributed by atoms with van der Waals surface area (Å²) in [5.74, 6) is 0. The topological polar surface area (TPSA) is 82.9 Å². The summed E-state index contributed by atoms with van der Waals surface area (Å²) < 4.78 is 10.2. The summed E-state index contributed by atoms with van der Waals surface area (Å²) in [5, 5.41) is 9.81. The molecule has 2 amide bonds. The monoisotopic (exact) mass is 317 g/mol. The fourth-order valence-corrected chi connectivity index (χ4v) is 2.71. The van der Waals surface area contributed by atoms with Crippen LogP contribution >= 0.6 is 0 Å². The molecule has 1 aliphatic heterocycles. The number of benzene rings is 1. The summed E-state index contributed by atoms with van der Waals surface area (Å²) in [6, 6.07) is 8.92. The fraction of sp³-hybridized carbons (Fsp3) is 0.438. The molecule has 0 aromatic heterocycles. The number of carbonyl (C=O) groups is 2. The van der Waals surface area contributed by atoms with E-state index in [4.69, 9.17) is 9.47 Å². The third-order valence-corrected chi connectivity index (χ3v) is 3.68. The largest absolute Gasteiger partial charge is 0.449 e. The quantitative estimate of drug-likeness (QED) is 0.854. The van der Waals surface area contributed by atoms with Gasteiger partial charge in [-0.2, -0.15) is 5.26 Å². The summed E-state index contributed by atoms with van der Waals surface area (Å²) in [6.07, 6.45) is -1.14. The van der Waals surface area contributed by atoms with Crippen molar-refractivity contribution in [3.63, 3.8) is 0 Å². The Hall–Kier alpha value is -2.75. The lowest BCUT2D eigenvalue weighted by Crippen LogP contribution is -2.60. The van der Waals surface area contributed by atoms with Crippen LogP contribution in [0.4, 0.5) is 21.0 Å². The predicted molar refractivity (Wildman–Crippen MR) is 84.1 cm³/mol. The molecule has 1 aliphatic rings. The minimum Gasteiger partial charge on any atom is -0.449 e. The average Bonchev–Trinajstić information content (AvgIpc) is 2.85. The van der Waals surface area contributed by atoms with Gasteiger partial charge in [0.15, 0.2) is 0 Å². The van der Waals surface area contributed by atoms with Crippen LogP contribution in [0, 0.1) is 11.3 Å². The van der Waals surface area contributed by atoms with Crippen LogP contribution in [0.2, 0.25) is 0 Å². The molecular weight excluding hydrogens is 298 g/mol. The molecule has 0 saturated heterocycles. The van der Waals surface area contributed by atoms with E-state index < -0.39 is 17.8 Å². The molecule has 122 valence electrons. The van der Waals surface area contributed by atoms with E-state index in [0.717, 1.165) is 0 Å². The Morgan fingerprint density at radius 2 is 1.48 bits per heavy atom. The summed E-state index contributed by atoms with van der Waals surface area (Å²) >= 11 is 0. The highest BCUT2D eigenvalue weighted by atomic mass is 16.6. The van der Waals surface area contributed by atoms with Crippen LogP contribution in [-0.2, 0) is 9.47 Å². The van der Waals surface area contributed by atoms with Crippen LogP contribution in [0.3, 0.4) is 0 Å². The molecule has 0 saturated carbocycles. The van der Waals surface area contributed by atoms with Gasteiger partial charge in [-0.1, -0.05) is 19.1 Å². The van der Waals surface area contributed by atoms with Gasteiger partial charge in [0, 0.05) is 6.42 Å². The molecule has 0 unspecified atom stereocenters. The zero-order valence-electron chi connectivity index (χ0n) is 13.4. The third kappa shape index (κ3) is 2.46. The van der Waals surface area contributed by atoms with Gasteiger partial charge in [-0.3, -0.25) is 0 Å². The van der Waals surface area contributed by atoms with Gasteiger partial charge in [0.2, 0.25) is 5.66 Å². The molecular formula is C16H19N3O4. The second kappa shape index (κ2) is 6.57. The molecule has 0 atom stereocenters. The van der Waals surface area contributed by atoms with Crippen LogP contribution in [0.1, 0.15) is 27.2 Å². The Morgan fingerprint density at radius 3 is 1.78 bits per heavy atom. The van der Waals surface area contributed by atoms with Gasteiger partial charge in [-0.25, -0.2) is 19.4 Å². The number of anilines is 2. The zero-order chi connectivity index (χ0) is 17.0. The lowest BCUT2D eigenvalue weighted by molar-refractivity contribution is 0.146. The highest BCUT2D eigenvalue weighted by molar-refractivity contribution is 6.07. The molecule has 1 aromatic rings. The minimum absolute atomic E-state index is 0.169. The molecule has 1 heterocycles. The van der Waals surface area contributed by atoms with Gasteiger partial charge in [-0.05, 0) is 26.0 Å². The Bertz CT molecular complexity index is 608. The number of para-hydroxylation sites is 2. The maximum atomic E-state index is 12.4. The number of fused-ring (bicyclic) bond motifs is 1. The van der Waals surface area contributed by atoms with E-state index in [1.165, 1.54) is 9.80 Å². The van der Waals surface area contributed by atoms with Gasteiger partial charge in [0.05, 0.1) is 24.6 Å². The first-order valence-electron chi connectivity index (χ1n) is 7.51. The van der Waals surface area contributed by atoms with Crippen molar-refractivity contribution in [1.82, 2.24) is 0 Å². The summed E-state index contributed by atoms with van der Waals surface area (Å²) in [6.45, 7) is 5.43. The molecule has 0 N–H and O–H groups in total. The van der Waals surface area contributed by atoms with Gasteiger partial charge in [-0.15, -0.1) is 0 Å². The van der Waals surface area contributed by atoms with Gasteiger partial charge in [0.1, 0.15) is 6.07 Å². The molecule has 0 spiro atoms. The summed E-state index contributed by atoms with van der Waals surface area (Å²) in [7, 11) is 0. The fourth-order valence-electron chi connectivity index (χ4n) is 2.71. The van der Waals surface area contributed by atoms with Crippen molar-refractivity contribution in [3.05, 3.63) is 24.3 Å². The summed E-state index contributed by atoms with van der Waals surface area (Å²) in [5.41, 5.74) is -0.618. The van der Waals surface area contributed by atoms with E-state index in [1.54, 1.807) is 45.0 Å². The lowest BCUT2D eigenvalue weighted by Gasteiger charge is -2.35. The van der Waals surface area contributed by atoms with E-state index in [2.05, 4.69) is 6.07 Å². The SMILES string of the molecule is CCOC(=O)N1c2ccccc2N(C(=O)OCC)C1(C#N)CC. The first-order chi connectivity index (χ1) is 11.1. The van der Waals surface area contributed by atoms with Gasteiger partial charge in [0.25, 0.3) is 0 Å². The third-order valence-electron chi connectivity index (χ3n) is 3.68. The normalized spacial score (nSPS) is 14.9. The van der Waals surface area contributed by atoms with E-state index in [1.807, 2.05) is 0 Å². The second-order valence-electron chi connectivity index (χ2n) is 4.84. The van der Waals surface area contributed by atoms with Gasteiger partial charge >= 0.3 is 12.2 Å². The van der Waals surface area contributed by atoms with Crippen molar-refractivity contribution >= 4 is 23.6 Å². The van der Waals surface area contributed by atoms with Crippen molar-refractivity contribution in [3.8, 4) is 6.07 Å². The molecule has 0 fully saturated rings. The van der Waals surface area contributed by atoms with Crippen molar-refractivity contribution in [2.75, 3.05) is 23.0 Å². The minimum atomic E-state index is -1.51. The summed E-state index contributed by atoms with van der Waals surface area (Å²) in [4.78, 5) is 27.3. The van der Waals surface area contributed by atoms with Crippen LogP contribution in [0.15, 0.2) is 24.3 Å². The second-order valence-corrected chi connectivity index (χ2v) is 4.84. The highest BCUT2D eigenvalue weighted by Crippen LogP contribution is 2.47. The molecule has 0 aliphatic carbocycles. The number of nitrogens with zero attached hydrogens (tertiary/aromatic N) is 3. The van der Waals surface area contributed by atoms with E-state index in [-0.39, 0.29) is 19.6 Å². The molecule has 23 heavy (non-hydrogen) atoms. The van der Waals surface area contributed by atoms with Crippen LogP contribution < -0.4 is 9.80 Å². The highest BCUT2D eigenvalue weighted by Gasteiger charge is 2.56. The van der Waals surface area contributed by atoms with Crippen LogP contribution in [0.25, 0.3) is 0 Å². The van der Waals surface area contributed by atoms with Crippen molar-refractivity contribution in [1.29, 1.82) is 5.26 Å². The number of amides is 2. The van der Waals surface area contributed by atoms with Crippen molar-refractivity contribution < 1.29 is 19.1 Å². The average molecular weight is 317 g/mol. The Labute approximate surface area is 135 Å². The van der Waals surface area contributed by atoms with Crippen LogP contribution in [0.5, 0.6) is 0 Å².